The Morgan fingerprint density at radius 3 is 2.30 bits per heavy atom. The zero-order chi connectivity index (χ0) is 21.3. The van der Waals surface area contributed by atoms with Gasteiger partial charge in [-0.1, -0.05) is 48.2 Å². The summed E-state index contributed by atoms with van der Waals surface area (Å²) in [5.41, 5.74) is 3.45. The minimum Gasteiger partial charge on any atom is -0.481 e. The first-order chi connectivity index (χ1) is 14.5. The second-order valence-corrected chi connectivity index (χ2v) is 8.21. The van der Waals surface area contributed by atoms with Crippen LogP contribution in [0.3, 0.4) is 0 Å². The largest absolute Gasteiger partial charge is 0.481 e. The van der Waals surface area contributed by atoms with Gasteiger partial charge in [-0.15, -0.1) is 0 Å². The predicted octanol–water partition coefficient (Wildman–Crippen LogP) is 3.56. The van der Waals surface area contributed by atoms with Crippen molar-refractivity contribution in [3.8, 4) is 0 Å². The fraction of sp³-hybridized carbons (Fsp3) is 0.227. The summed E-state index contributed by atoms with van der Waals surface area (Å²) < 4.78 is 0. The van der Waals surface area contributed by atoms with Gasteiger partial charge in [-0.05, 0) is 31.2 Å². The maximum absolute atomic E-state index is 13.2. The highest BCUT2D eigenvalue weighted by Gasteiger charge is 2.40. The minimum atomic E-state index is -0.950. The first-order valence-electron chi connectivity index (χ1n) is 9.57. The van der Waals surface area contributed by atoms with Gasteiger partial charge in [0.15, 0.2) is 5.04 Å². The predicted molar refractivity (Wildman–Crippen MR) is 119 cm³/mol. The maximum atomic E-state index is 13.2. The van der Waals surface area contributed by atoms with Crippen molar-refractivity contribution < 1.29 is 14.7 Å². The molecule has 1 amide bonds. The number of amides is 1. The molecule has 0 aliphatic carbocycles. The third kappa shape index (κ3) is 3.78. The lowest BCUT2D eigenvalue weighted by molar-refractivity contribution is -0.136. The fourth-order valence-corrected chi connectivity index (χ4v) is 4.70. The van der Waals surface area contributed by atoms with Gasteiger partial charge in [0.1, 0.15) is 0 Å². The van der Waals surface area contributed by atoms with Crippen LogP contribution >= 0.6 is 11.8 Å². The van der Waals surface area contributed by atoms with E-state index < -0.39 is 11.3 Å². The number of benzene rings is 2. The average Bonchev–Trinajstić information content (AvgIpc) is 3.20. The van der Waals surface area contributed by atoms with E-state index in [0.29, 0.717) is 17.3 Å². The van der Waals surface area contributed by atoms with Gasteiger partial charge in [-0.2, -0.15) is 0 Å². The van der Waals surface area contributed by atoms with Gasteiger partial charge in [0, 0.05) is 12.7 Å². The number of hydrazine groups is 1. The number of para-hydroxylation sites is 2. The Hall–Kier alpha value is -3.26. The lowest BCUT2D eigenvalue weighted by Crippen LogP contribution is -2.35. The van der Waals surface area contributed by atoms with E-state index in [0.717, 1.165) is 17.1 Å². The monoisotopic (exact) mass is 422 g/mol. The van der Waals surface area contributed by atoms with Crippen molar-refractivity contribution in [2.75, 3.05) is 23.5 Å². The molecule has 4 rings (SSSR count). The molecular weight excluding hydrogens is 400 g/mol. The van der Waals surface area contributed by atoms with Gasteiger partial charge in [0.2, 0.25) is 0 Å². The number of nitrogens with zero attached hydrogens (tertiary/aromatic N) is 4. The summed E-state index contributed by atoms with van der Waals surface area (Å²) in [5.74, 6) is -1.22. The molecule has 30 heavy (non-hydrogen) atoms. The van der Waals surface area contributed by atoms with Crippen LogP contribution in [0.4, 0.5) is 11.4 Å². The number of carbonyl (C=O) groups is 2. The summed E-state index contributed by atoms with van der Waals surface area (Å²) in [6.07, 6.45) is -0.154. The zero-order valence-corrected chi connectivity index (χ0v) is 17.5. The number of aliphatic imine (C=N–C) groups is 1. The van der Waals surface area contributed by atoms with Gasteiger partial charge in [-0.3, -0.25) is 24.5 Å². The number of carboxylic acid groups (broad SMARTS) is 1. The van der Waals surface area contributed by atoms with Crippen molar-refractivity contribution in [1.82, 2.24) is 5.01 Å². The molecule has 0 spiro atoms. The average molecular weight is 423 g/mol. The molecular formula is C22H22N4O3S. The van der Waals surface area contributed by atoms with Crippen molar-refractivity contribution in [3.05, 3.63) is 72.1 Å². The smallest absolute Gasteiger partial charge is 0.306 e. The van der Waals surface area contributed by atoms with Crippen molar-refractivity contribution in [3.63, 3.8) is 0 Å². The molecule has 0 aromatic heterocycles. The number of allylic oxidation sites excluding steroid dienone is 1. The molecule has 8 heteroatoms. The number of aliphatic carboxylic acids is 1. The van der Waals surface area contributed by atoms with Crippen LogP contribution in [-0.2, 0) is 9.59 Å². The Kier molecular flexibility index (Phi) is 5.50. The first-order valence-corrected chi connectivity index (χ1v) is 10.5. The molecule has 0 saturated carbocycles. The van der Waals surface area contributed by atoms with Crippen LogP contribution in [0.1, 0.15) is 13.3 Å². The summed E-state index contributed by atoms with van der Waals surface area (Å²) in [5, 5.41) is 13.2. The Morgan fingerprint density at radius 1 is 1.10 bits per heavy atom. The van der Waals surface area contributed by atoms with Gasteiger partial charge >= 0.3 is 5.97 Å². The summed E-state index contributed by atoms with van der Waals surface area (Å²) in [6.45, 7) is 2.51. The van der Waals surface area contributed by atoms with Crippen LogP contribution in [0.25, 0.3) is 0 Å². The lowest BCUT2D eigenvalue weighted by Gasteiger charge is -2.29. The Bertz CT molecular complexity index is 1020. The van der Waals surface area contributed by atoms with Gasteiger partial charge < -0.3 is 5.11 Å². The molecule has 2 aromatic rings. The topological polar surface area (TPSA) is 76.4 Å². The highest BCUT2D eigenvalue weighted by atomic mass is 32.2. The molecule has 154 valence electrons. The second-order valence-electron chi connectivity index (χ2n) is 7.05. The van der Waals surface area contributed by atoms with Crippen LogP contribution in [0, 0.1) is 0 Å². The molecule has 1 saturated heterocycles. The molecule has 1 fully saturated rings. The van der Waals surface area contributed by atoms with Crippen LogP contribution in [0.15, 0.2) is 77.1 Å². The van der Waals surface area contributed by atoms with Crippen LogP contribution in [0.2, 0.25) is 0 Å². The summed E-state index contributed by atoms with van der Waals surface area (Å²) in [6, 6.07) is 19.1. The second kappa shape index (κ2) is 8.23. The quantitative estimate of drug-likeness (QED) is 0.794. The normalized spacial score (nSPS) is 20.6. The van der Waals surface area contributed by atoms with Crippen LogP contribution in [-0.4, -0.2) is 46.0 Å². The highest BCUT2D eigenvalue weighted by Crippen LogP contribution is 2.36. The number of thioether (sulfide) groups is 1. The van der Waals surface area contributed by atoms with Gasteiger partial charge in [0.05, 0.1) is 35.4 Å². The first kappa shape index (κ1) is 20.0. The van der Waals surface area contributed by atoms with E-state index >= 15 is 0 Å². The Morgan fingerprint density at radius 2 is 1.70 bits per heavy atom. The molecule has 1 N–H and O–H groups in total. The van der Waals surface area contributed by atoms with Crippen LogP contribution < -0.4 is 9.91 Å². The zero-order valence-electron chi connectivity index (χ0n) is 16.7. The summed E-state index contributed by atoms with van der Waals surface area (Å²) in [7, 11) is 1.96. The maximum Gasteiger partial charge on any atom is 0.306 e. The molecule has 2 heterocycles. The number of hydrogen-bond donors (Lipinski definition) is 1. The molecule has 2 aromatic carbocycles. The third-order valence-corrected chi connectivity index (χ3v) is 6.32. The molecule has 0 radical (unpaired) electrons. The van der Waals surface area contributed by atoms with E-state index in [1.807, 2.05) is 67.5 Å². The highest BCUT2D eigenvalue weighted by molar-refractivity contribution is 8.17. The van der Waals surface area contributed by atoms with Crippen molar-refractivity contribution >= 4 is 40.1 Å². The number of hydrogen-bond acceptors (Lipinski definition) is 6. The van der Waals surface area contributed by atoms with E-state index in [-0.39, 0.29) is 12.3 Å². The number of carbonyl (C=O) groups excluding carboxylic acids is 1. The van der Waals surface area contributed by atoms with Crippen molar-refractivity contribution in [2.24, 2.45) is 4.99 Å². The van der Waals surface area contributed by atoms with E-state index in [1.54, 1.807) is 12.1 Å². The molecule has 1 unspecified atom stereocenters. The summed E-state index contributed by atoms with van der Waals surface area (Å²) >= 11 is 1.21. The number of anilines is 2. The lowest BCUT2D eigenvalue weighted by atomic mass is 10.2. The van der Waals surface area contributed by atoms with Crippen LogP contribution in [0.5, 0.6) is 0 Å². The standard InChI is InChI=1S/C22H22N4O3S/c1-15-18(14-25(24(15)2)16-9-5-3-6-10-16)23-21-22(29)26(17-11-7-4-8-12-17)19(30-21)13-20(27)28/h3-12,19H,13-14H2,1-2H3,(H,27,28). The van der Waals surface area contributed by atoms with E-state index in [9.17, 15) is 14.7 Å². The van der Waals surface area contributed by atoms with Gasteiger partial charge in [0.25, 0.3) is 5.91 Å². The van der Waals surface area contributed by atoms with E-state index in [2.05, 4.69) is 10.0 Å². The SMILES string of the molecule is CC1=C(N=C2SC(CC(=O)O)N(c3ccccc3)C2=O)CN(c2ccccc2)N1C. The molecule has 2 aliphatic rings. The van der Waals surface area contributed by atoms with Crippen molar-refractivity contribution in [1.29, 1.82) is 0 Å². The minimum absolute atomic E-state index is 0.154. The van der Waals surface area contributed by atoms with Gasteiger partial charge in [-0.25, -0.2) is 4.99 Å². The molecule has 7 nitrogen and oxygen atoms in total. The molecule has 0 bridgehead atoms. The fourth-order valence-electron chi connectivity index (χ4n) is 3.53. The molecule has 2 aliphatic heterocycles. The van der Waals surface area contributed by atoms with E-state index in [1.165, 1.54) is 16.7 Å². The molecule has 1 atom stereocenters. The number of rotatable bonds is 5. The number of carboxylic acids is 1. The van der Waals surface area contributed by atoms with Crippen molar-refractivity contribution in [2.45, 2.75) is 18.7 Å². The van der Waals surface area contributed by atoms with E-state index in [4.69, 9.17) is 0 Å². The Balaban J connectivity index is 1.63. The summed E-state index contributed by atoms with van der Waals surface area (Å²) in [4.78, 5) is 30.7. The Labute approximate surface area is 179 Å². The third-order valence-electron chi connectivity index (χ3n) is 5.18.